The summed E-state index contributed by atoms with van der Waals surface area (Å²) < 4.78 is 10.3. The van der Waals surface area contributed by atoms with Crippen LogP contribution in [0.3, 0.4) is 0 Å². The number of rotatable bonds is 7. The number of benzene rings is 2. The first kappa shape index (κ1) is 16.0. The number of carbonyl (C=O) groups excluding carboxylic acids is 1. The zero-order valence-electron chi connectivity index (χ0n) is 12.9. The Labute approximate surface area is 131 Å². The summed E-state index contributed by atoms with van der Waals surface area (Å²) in [4.78, 5) is 12.0. The maximum atomic E-state index is 12.0. The third-order valence-corrected chi connectivity index (χ3v) is 3.31. The molecule has 0 saturated heterocycles. The van der Waals surface area contributed by atoms with Gasteiger partial charge in [0.05, 0.1) is 13.7 Å². The highest BCUT2D eigenvalue weighted by Crippen LogP contribution is 2.16. The fourth-order valence-corrected chi connectivity index (χ4v) is 2.19. The Morgan fingerprint density at radius 3 is 2.36 bits per heavy atom. The Kier molecular flexibility index (Phi) is 5.98. The minimum atomic E-state index is -0.474. The van der Waals surface area contributed by atoms with Gasteiger partial charge in [0.2, 0.25) is 0 Å². The number of esters is 1. The molecular formula is C18H21NO3. The molecule has 0 aliphatic rings. The van der Waals surface area contributed by atoms with Gasteiger partial charge in [-0.05, 0) is 30.2 Å². The molecule has 1 unspecified atom stereocenters. The first-order chi connectivity index (χ1) is 10.7. The van der Waals surface area contributed by atoms with Crippen LogP contribution in [0.4, 0.5) is 0 Å². The van der Waals surface area contributed by atoms with Crippen LogP contribution in [0.5, 0.6) is 5.75 Å². The zero-order chi connectivity index (χ0) is 15.8. The third kappa shape index (κ3) is 4.33. The number of ether oxygens (including phenoxy) is 2. The van der Waals surface area contributed by atoms with E-state index in [9.17, 15) is 4.79 Å². The smallest absolute Gasteiger partial charge is 0.327 e. The van der Waals surface area contributed by atoms with Crippen LogP contribution in [0, 0.1) is 0 Å². The molecule has 0 radical (unpaired) electrons. The number of nitrogens with one attached hydrogen (secondary N) is 1. The van der Waals surface area contributed by atoms with Crippen molar-refractivity contribution in [3.63, 3.8) is 0 Å². The van der Waals surface area contributed by atoms with Gasteiger partial charge in [-0.15, -0.1) is 0 Å². The SMILES string of the molecule is CCOc1ccc(CNC(C(=O)OC)c2ccccc2)cc1. The van der Waals surface area contributed by atoms with Crippen molar-refractivity contribution < 1.29 is 14.3 Å². The predicted octanol–water partition coefficient (Wildman–Crippen LogP) is 3.09. The molecule has 0 aliphatic carbocycles. The van der Waals surface area contributed by atoms with Crippen LogP contribution in [0.15, 0.2) is 54.6 Å². The summed E-state index contributed by atoms with van der Waals surface area (Å²) in [6.45, 7) is 3.17. The van der Waals surface area contributed by atoms with Gasteiger partial charge in [-0.25, -0.2) is 4.79 Å². The molecule has 4 nitrogen and oxygen atoms in total. The monoisotopic (exact) mass is 299 g/mol. The maximum Gasteiger partial charge on any atom is 0.327 e. The molecule has 1 N–H and O–H groups in total. The molecule has 0 bridgehead atoms. The molecule has 22 heavy (non-hydrogen) atoms. The summed E-state index contributed by atoms with van der Waals surface area (Å²) in [6, 6.07) is 16.9. The highest BCUT2D eigenvalue weighted by Gasteiger charge is 2.20. The van der Waals surface area contributed by atoms with E-state index in [-0.39, 0.29) is 5.97 Å². The number of hydrogen-bond donors (Lipinski definition) is 1. The van der Waals surface area contributed by atoms with Crippen LogP contribution >= 0.6 is 0 Å². The Balaban J connectivity index is 2.03. The van der Waals surface area contributed by atoms with E-state index in [0.29, 0.717) is 13.2 Å². The zero-order valence-corrected chi connectivity index (χ0v) is 12.9. The van der Waals surface area contributed by atoms with Crippen LogP contribution in [0.1, 0.15) is 24.1 Å². The second-order valence-electron chi connectivity index (χ2n) is 4.82. The Hall–Kier alpha value is -2.33. The van der Waals surface area contributed by atoms with E-state index in [1.807, 2.05) is 61.5 Å². The lowest BCUT2D eigenvalue weighted by Gasteiger charge is -2.17. The molecule has 0 aromatic heterocycles. The molecule has 0 saturated carbocycles. The van der Waals surface area contributed by atoms with Crippen molar-refractivity contribution in [2.24, 2.45) is 0 Å². The van der Waals surface area contributed by atoms with E-state index in [2.05, 4.69) is 5.32 Å². The summed E-state index contributed by atoms with van der Waals surface area (Å²) in [5.41, 5.74) is 1.97. The minimum Gasteiger partial charge on any atom is -0.494 e. The number of carbonyl (C=O) groups is 1. The van der Waals surface area contributed by atoms with E-state index in [0.717, 1.165) is 16.9 Å². The van der Waals surface area contributed by atoms with Gasteiger partial charge in [0, 0.05) is 6.54 Å². The van der Waals surface area contributed by atoms with Crippen molar-refractivity contribution in [3.8, 4) is 5.75 Å². The van der Waals surface area contributed by atoms with Gasteiger partial charge in [-0.3, -0.25) is 5.32 Å². The Morgan fingerprint density at radius 2 is 1.77 bits per heavy atom. The Bertz CT molecular complexity index is 581. The van der Waals surface area contributed by atoms with Crippen LogP contribution in [-0.4, -0.2) is 19.7 Å². The molecular weight excluding hydrogens is 278 g/mol. The predicted molar refractivity (Wildman–Crippen MR) is 85.6 cm³/mol. The quantitative estimate of drug-likeness (QED) is 0.798. The molecule has 2 aromatic rings. The molecule has 0 heterocycles. The molecule has 2 rings (SSSR count). The van der Waals surface area contributed by atoms with E-state index in [1.54, 1.807) is 0 Å². The molecule has 116 valence electrons. The fraction of sp³-hybridized carbons (Fsp3) is 0.278. The van der Waals surface area contributed by atoms with Gasteiger partial charge in [0.15, 0.2) is 0 Å². The summed E-state index contributed by atoms with van der Waals surface area (Å²) in [5.74, 6) is 0.552. The highest BCUT2D eigenvalue weighted by molar-refractivity contribution is 5.77. The normalized spacial score (nSPS) is 11.7. The van der Waals surface area contributed by atoms with Gasteiger partial charge in [-0.1, -0.05) is 42.5 Å². The van der Waals surface area contributed by atoms with E-state index >= 15 is 0 Å². The van der Waals surface area contributed by atoms with Crippen molar-refractivity contribution >= 4 is 5.97 Å². The van der Waals surface area contributed by atoms with E-state index in [4.69, 9.17) is 9.47 Å². The topological polar surface area (TPSA) is 47.6 Å². The van der Waals surface area contributed by atoms with E-state index in [1.165, 1.54) is 7.11 Å². The second-order valence-corrected chi connectivity index (χ2v) is 4.82. The van der Waals surface area contributed by atoms with Crippen LogP contribution in [0.25, 0.3) is 0 Å². The van der Waals surface area contributed by atoms with E-state index < -0.39 is 6.04 Å². The largest absolute Gasteiger partial charge is 0.494 e. The summed E-state index contributed by atoms with van der Waals surface area (Å²) in [6.07, 6.45) is 0. The highest BCUT2D eigenvalue weighted by atomic mass is 16.5. The molecule has 0 fully saturated rings. The Morgan fingerprint density at radius 1 is 1.09 bits per heavy atom. The average Bonchev–Trinajstić information content (AvgIpc) is 2.57. The molecule has 0 spiro atoms. The first-order valence-corrected chi connectivity index (χ1v) is 7.32. The lowest BCUT2D eigenvalue weighted by Crippen LogP contribution is -2.29. The summed E-state index contributed by atoms with van der Waals surface area (Å²) in [5, 5.41) is 3.24. The third-order valence-electron chi connectivity index (χ3n) is 3.31. The lowest BCUT2D eigenvalue weighted by atomic mass is 10.1. The van der Waals surface area contributed by atoms with Gasteiger partial charge >= 0.3 is 5.97 Å². The van der Waals surface area contributed by atoms with Gasteiger partial charge in [0.25, 0.3) is 0 Å². The fourth-order valence-electron chi connectivity index (χ4n) is 2.19. The van der Waals surface area contributed by atoms with Crippen molar-refractivity contribution in [1.29, 1.82) is 0 Å². The summed E-state index contributed by atoms with van der Waals surface area (Å²) >= 11 is 0. The van der Waals surface area contributed by atoms with Crippen LogP contribution < -0.4 is 10.1 Å². The van der Waals surface area contributed by atoms with Crippen molar-refractivity contribution in [2.45, 2.75) is 19.5 Å². The minimum absolute atomic E-state index is 0.294. The van der Waals surface area contributed by atoms with Crippen molar-refractivity contribution in [1.82, 2.24) is 5.32 Å². The standard InChI is InChI=1S/C18H21NO3/c1-3-22-16-11-9-14(10-12-16)13-19-17(18(20)21-2)15-7-5-4-6-8-15/h4-12,17,19H,3,13H2,1-2H3. The molecule has 1 atom stereocenters. The van der Waals surface area contributed by atoms with Gasteiger partial charge in [0.1, 0.15) is 11.8 Å². The molecule has 0 amide bonds. The van der Waals surface area contributed by atoms with Crippen molar-refractivity contribution in [2.75, 3.05) is 13.7 Å². The lowest BCUT2D eigenvalue weighted by molar-refractivity contribution is -0.143. The average molecular weight is 299 g/mol. The summed E-state index contributed by atoms with van der Waals surface area (Å²) in [7, 11) is 1.40. The van der Waals surface area contributed by atoms with Gasteiger partial charge < -0.3 is 9.47 Å². The number of hydrogen-bond acceptors (Lipinski definition) is 4. The molecule has 4 heteroatoms. The second kappa shape index (κ2) is 8.20. The number of methoxy groups -OCH3 is 1. The molecule has 2 aromatic carbocycles. The first-order valence-electron chi connectivity index (χ1n) is 7.32. The van der Waals surface area contributed by atoms with Gasteiger partial charge in [-0.2, -0.15) is 0 Å². The van der Waals surface area contributed by atoms with Crippen LogP contribution in [-0.2, 0) is 16.1 Å². The van der Waals surface area contributed by atoms with Crippen LogP contribution in [0.2, 0.25) is 0 Å². The van der Waals surface area contributed by atoms with Crippen molar-refractivity contribution in [3.05, 3.63) is 65.7 Å². The maximum absolute atomic E-state index is 12.0. The molecule has 0 aliphatic heterocycles.